The lowest BCUT2D eigenvalue weighted by Gasteiger charge is -2.09. The van der Waals surface area contributed by atoms with E-state index in [1.54, 1.807) is 13.4 Å². The molecule has 0 N–H and O–H groups in total. The molecule has 4 aromatic rings. The van der Waals surface area contributed by atoms with Crippen LogP contribution in [0.3, 0.4) is 0 Å². The molecule has 0 atom stereocenters. The molecule has 0 saturated carbocycles. The van der Waals surface area contributed by atoms with E-state index in [0.717, 1.165) is 34.3 Å². The summed E-state index contributed by atoms with van der Waals surface area (Å²) in [5.74, 6) is 2.18. The van der Waals surface area contributed by atoms with Crippen molar-refractivity contribution in [2.45, 2.75) is 13.5 Å². The number of aromatic nitrogens is 3. The van der Waals surface area contributed by atoms with Gasteiger partial charge in [-0.25, -0.2) is 4.98 Å². The third-order valence-electron chi connectivity index (χ3n) is 4.17. The highest BCUT2D eigenvalue weighted by Gasteiger charge is 2.15. The highest BCUT2D eigenvalue weighted by atomic mass is 16.5. The van der Waals surface area contributed by atoms with Gasteiger partial charge >= 0.3 is 0 Å². The van der Waals surface area contributed by atoms with Crippen molar-refractivity contribution in [1.29, 1.82) is 0 Å². The Morgan fingerprint density at radius 2 is 1.81 bits per heavy atom. The van der Waals surface area contributed by atoms with Crippen LogP contribution in [0.1, 0.15) is 11.4 Å². The Labute approximate surface area is 157 Å². The van der Waals surface area contributed by atoms with Crippen LogP contribution in [0.2, 0.25) is 0 Å². The first-order chi connectivity index (χ1) is 13.2. The molecule has 0 aliphatic rings. The second-order valence-corrected chi connectivity index (χ2v) is 6.08. The van der Waals surface area contributed by atoms with Gasteiger partial charge in [0.25, 0.3) is 0 Å². The lowest BCUT2D eigenvalue weighted by Crippen LogP contribution is -1.96. The Kier molecular flexibility index (Phi) is 4.72. The van der Waals surface area contributed by atoms with Gasteiger partial charge in [0.1, 0.15) is 29.2 Å². The lowest BCUT2D eigenvalue weighted by atomic mass is 10.2. The molecule has 0 fully saturated rings. The summed E-state index contributed by atoms with van der Waals surface area (Å²) in [6.45, 7) is 2.40. The molecule has 2 heterocycles. The quantitative estimate of drug-likeness (QED) is 0.495. The first-order valence-electron chi connectivity index (χ1n) is 8.57. The molecule has 0 radical (unpaired) electrons. The van der Waals surface area contributed by atoms with Crippen LogP contribution in [0.15, 0.2) is 71.5 Å². The number of para-hydroxylation sites is 1. The average molecular weight is 361 g/mol. The Bertz CT molecular complexity index is 1040. The van der Waals surface area contributed by atoms with Gasteiger partial charge in [0, 0.05) is 19.2 Å². The van der Waals surface area contributed by atoms with Gasteiger partial charge < -0.3 is 18.6 Å². The van der Waals surface area contributed by atoms with Crippen molar-refractivity contribution in [3.05, 3.63) is 78.4 Å². The molecule has 0 unspecified atom stereocenters. The number of hydrogen-bond donors (Lipinski definition) is 0. The summed E-state index contributed by atoms with van der Waals surface area (Å²) in [7, 11) is 1.62. The van der Waals surface area contributed by atoms with Gasteiger partial charge in [-0.15, -0.1) is 0 Å². The number of methoxy groups -OCH3 is 1. The lowest BCUT2D eigenvalue weighted by molar-refractivity contribution is 0.177. The van der Waals surface area contributed by atoms with Crippen LogP contribution in [-0.2, 0) is 11.3 Å². The molecule has 4 rings (SSSR count). The minimum atomic E-state index is 0.405. The predicted molar refractivity (Wildman–Crippen MR) is 101 cm³/mol. The van der Waals surface area contributed by atoms with Crippen LogP contribution >= 0.6 is 0 Å². The van der Waals surface area contributed by atoms with E-state index in [2.05, 4.69) is 10.1 Å². The molecule has 0 spiro atoms. The van der Waals surface area contributed by atoms with Crippen LogP contribution in [-0.4, -0.2) is 21.8 Å². The smallest absolute Gasteiger partial charge is 0.187 e. The molecule has 6 nitrogen and oxygen atoms in total. The zero-order valence-electron chi connectivity index (χ0n) is 15.1. The molecule has 0 saturated heterocycles. The summed E-state index contributed by atoms with van der Waals surface area (Å²) in [6.07, 6.45) is 1.77. The van der Waals surface area contributed by atoms with Crippen molar-refractivity contribution >= 4 is 0 Å². The van der Waals surface area contributed by atoms with E-state index in [1.165, 1.54) is 0 Å². The van der Waals surface area contributed by atoms with Crippen LogP contribution < -0.4 is 4.74 Å². The van der Waals surface area contributed by atoms with Gasteiger partial charge in [-0.1, -0.05) is 29.4 Å². The maximum atomic E-state index is 5.93. The van der Waals surface area contributed by atoms with Gasteiger partial charge in [0.2, 0.25) is 0 Å². The topological polar surface area (TPSA) is 62.3 Å². The Morgan fingerprint density at radius 3 is 2.63 bits per heavy atom. The van der Waals surface area contributed by atoms with E-state index >= 15 is 0 Å². The second-order valence-electron chi connectivity index (χ2n) is 6.08. The minimum absolute atomic E-state index is 0.405. The van der Waals surface area contributed by atoms with Gasteiger partial charge in [0.15, 0.2) is 5.76 Å². The predicted octanol–water partition coefficient (Wildman–Crippen LogP) is 4.77. The number of imidazole rings is 1. The minimum Gasteiger partial charge on any atom is -0.457 e. The van der Waals surface area contributed by atoms with E-state index < -0.39 is 0 Å². The summed E-state index contributed by atoms with van der Waals surface area (Å²) >= 11 is 0. The molecule has 2 aromatic carbocycles. The molecule has 0 bridgehead atoms. The third kappa shape index (κ3) is 3.61. The van der Waals surface area contributed by atoms with Gasteiger partial charge in [-0.05, 0) is 31.2 Å². The van der Waals surface area contributed by atoms with E-state index in [9.17, 15) is 0 Å². The van der Waals surface area contributed by atoms with Crippen molar-refractivity contribution in [3.8, 4) is 28.6 Å². The first-order valence-corrected chi connectivity index (χ1v) is 8.57. The molecular formula is C21H19N3O3. The van der Waals surface area contributed by atoms with E-state index in [4.69, 9.17) is 14.0 Å². The fourth-order valence-electron chi connectivity index (χ4n) is 2.87. The molecule has 6 heteroatoms. The van der Waals surface area contributed by atoms with E-state index in [-0.39, 0.29) is 0 Å². The van der Waals surface area contributed by atoms with Gasteiger partial charge in [0.05, 0.1) is 18.0 Å². The normalized spacial score (nSPS) is 10.9. The van der Waals surface area contributed by atoms with Crippen molar-refractivity contribution in [3.63, 3.8) is 0 Å². The average Bonchev–Trinajstić information content (AvgIpc) is 3.29. The monoisotopic (exact) mass is 361 g/mol. The summed E-state index contributed by atoms with van der Waals surface area (Å²) in [5.41, 5.74) is 3.39. The Balaban J connectivity index is 1.62. The molecule has 136 valence electrons. The number of nitrogens with zero attached hydrogens (tertiary/aromatic N) is 3. The standard InChI is InChI=1S/C21H19N3O3/c1-15-21(20-11-16(13-25-2)23-27-20)22-14-24(15)17-7-6-10-19(12-17)26-18-8-4-3-5-9-18/h3-12,14H,13H2,1-2H3. The fourth-order valence-corrected chi connectivity index (χ4v) is 2.87. The second kappa shape index (κ2) is 7.47. The zero-order valence-corrected chi connectivity index (χ0v) is 15.1. The van der Waals surface area contributed by atoms with Gasteiger partial charge in [-0.2, -0.15) is 0 Å². The van der Waals surface area contributed by atoms with Gasteiger partial charge in [-0.3, -0.25) is 0 Å². The maximum Gasteiger partial charge on any atom is 0.187 e. The maximum absolute atomic E-state index is 5.93. The molecule has 27 heavy (non-hydrogen) atoms. The van der Waals surface area contributed by atoms with Crippen molar-refractivity contribution in [2.24, 2.45) is 0 Å². The Morgan fingerprint density at radius 1 is 1.00 bits per heavy atom. The highest BCUT2D eigenvalue weighted by molar-refractivity contribution is 5.57. The summed E-state index contributed by atoms with van der Waals surface area (Å²) in [6, 6.07) is 19.4. The van der Waals surface area contributed by atoms with E-state index in [1.807, 2.05) is 72.2 Å². The Hall–Kier alpha value is -3.38. The first kappa shape index (κ1) is 17.1. The number of rotatable bonds is 6. The number of ether oxygens (including phenoxy) is 2. The fraction of sp³-hybridized carbons (Fsp3) is 0.143. The van der Waals surface area contributed by atoms with Crippen LogP contribution in [0.25, 0.3) is 17.1 Å². The van der Waals surface area contributed by atoms with Crippen molar-refractivity contribution in [2.75, 3.05) is 7.11 Å². The highest BCUT2D eigenvalue weighted by Crippen LogP contribution is 2.28. The summed E-state index contributed by atoms with van der Waals surface area (Å²) < 4.78 is 18.4. The molecule has 0 aliphatic heterocycles. The summed E-state index contributed by atoms with van der Waals surface area (Å²) in [4.78, 5) is 4.50. The van der Waals surface area contributed by atoms with E-state index in [0.29, 0.717) is 12.4 Å². The van der Waals surface area contributed by atoms with Crippen LogP contribution in [0.4, 0.5) is 0 Å². The van der Waals surface area contributed by atoms with Crippen molar-refractivity contribution < 1.29 is 14.0 Å². The number of benzene rings is 2. The summed E-state index contributed by atoms with van der Waals surface area (Å²) in [5, 5.41) is 4.00. The zero-order chi connectivity index (χ0) is 18.6. The molecule has 0 aliphatic carbocycles. The largest absolute Gasteiger partial charge is 0.457 e. The van der Waals surface area contributed by atoms with Crippen molar-refractivity contribution in [1.82, 2.24) is 14.7 Å². The molecule has 0 amide bonds. The number of hydrogen-bond acceptors (Lipinski definition) is 5. The SMILES string of the molecule is COCc1cc(-c2ncn(-c3cccc(Oc4ccccc4)c3)c2C)on1. The third-order valence-corrected chi connectivity index (χ3v) is 4.17. The van der Waals surface area contributed by atoms with Crippen LogP contribution in [0, 0.1) is 6.92 Å². The molecular weight excluding hydrogens is 342 g/mol. The van der Waals surface area contributed by atoms with Crippen LogP contribution in [0.5, 0.6) is 11.5 Å². The molecule has 2 aromatic heterocycles.